The summed E-state index contributed by atoms with van der Waals surface area (Å²) in [5.41, 5.74) is 2.68. The van der Waals surface area contributed by atoms with Crippen LogP contribution >= 0.6 is 0 Å². The maximum atomic E-state index is 13.7. The molecule has 0 spiro atoms. The first-order chi connectivity index (χ1) is 21.7. The Kier molecular flexibility index (Phi) is 7.91. The van der Waals surface area contributed by atoms with E-state index in [4.69, 9.17) is 0 Å². The maximum absolute atomic E-state index is 13.7. The van der Waals surface area contributed by atoms with E-state index in [1.54, 1.807) is 12.1 Å². The molecule has 0 aliphatic carbocycles. The van der Waals surface area contributed by atoms with Crippen molar-refractivity contribution < 1.29 is 33.2 Å². The fourth-order valence-corrected chi connectivity index (χ4v) is 5.57. The van der Waals surface area contributed by atoms with Gasteiger partial charge in [0.25, 0.3) is 17.7 Å². The third-order valence-corrected chi connectivity index (χ3v) is 7.95. The van der Waals surface area contributed by atoms with Gasteiger partial charge in [0.1, 0.15) is 11.9 Å². The normalized spacial score (nSPS) is 16.0. The van der Waals surface area contributed by atoms with Gasteiger partial charge in [0.2, 0.25) is 17.7 Å². The summed E-state index contributed by atoms with van der Waals surface area (Å²) in [5, 5.41) is 9.38. The van der Waals surface area contributed by atoms with Crippen LogP contribution in [0.4, 0.5) is 4.39 Å². The molecular formula is C34H27FN4O6. The molecule has 4 aromatic carbocycles. The van der Waals surface area contributed by atoms with Crippen molar-refractivity contribution in [1.29, 1.82) is 0 Å². The lowest BCUT2D eigenvalue weighted by Gasteiger charge is -2.27. The Hall–Kier alpha value is -5.71. The zero-order valence-corrected chi connectivity index (χ0v) is 23.9. The van der Waals surface area contributed by atoms with Crippen LogP contribution in [0.5, 0.6) is 0 Å². The number of nitrogens with one attached hydrogen (secondary N) is 3. The molecule has 11 heteroatoms. The molecule has 3 N–H and O–H groups in total. The number of rotatable bonds is 8. The van der Waals surface area contributed by atoms with Gasteiger partial charge in [-0.3, -0.25) is 39.0 Å². The number of benzene rings is 4. The van der Waals surface area contributed by atoms with Gasteiger partial charge in [-0.1, -0.05) is 48.5 Å². The smallest absolute Gasteiger partial charge is 0.262 e. The van der Waals surface area contributed by atoms with Crippen LogP contribution in [0.15, 0.2) is 78.9 Å². The standard InChI is InChI=1S/C34H27FN4O6/c35-24-10-8-21-2-1-3-22(26(21)16-24)15-30(41)36-17-19-4-6-20(7-5-19)18-37-31(42)23-9-11-25-27(14-23)34(45)39(33(25)44)28-12-13-29(40)38-32(28)43/h1-11,14,16,28H,12-13,15,17-18H2,(H,36,41)(H,37,42)(H,38,40,43). The maximum Gasteiger partial charge on any atom is 0.262 e. The van der Waals surface area contributed by atoms with Gasteiger partial charge in [0.15, 0.2) is 0 Å². The molecule has 226 valence electrons. The van der Waals surface area contributed by atoms with Gasteiger partial charge in [-0.2, -0.15) is 0 Å². The second-order valence-electron chi connectivity index (χ2n) is 10.9. The summed E-state index contributed by atoms with van der Waals surface area (Å²) in [6, 6.07) is 20.4. The van der Waals surface area contributed by atoms with Crippen molar-refractivity contribution in [2.75, 3.05) is 0 Å². The first kappa shape index (κ1) is 29.4. The van der Waals surface area contributed by atoms with Gasteiger partial charge in [-0.05, 0) is 64.2 Å². The Bertz CT molecular complexity index is 1900. The van der Waals surface area contributed by atoms with Gasteiger partial charge in [-0.25, -0.2) is 4.39 Å². The minimum atomic E-state index is -1.08. The van der Waals surface area contributed by atoms with Gasteiger partial charge in [-0.15, -0.1) is 0 Å². The highest BCUT2D eigenvalue weighted by molar-refractivity contribution is 6.24. The van der Waals surface area contributed by atoms with E-state index in [1.165, 1.54) is 30.3 Å². The van der Waals surface area contributed by atoms with E-state index in [0.29, 0.717) is 11.9 Å². The van der Waals surface area contributed by atoms with Crippen molar-refractivity contribution in [3.05, 3.63) is 118 Å². The molecule has 1 atom stereocenters. The molecule has 4 aromatic rings. The van der Waals surface area contributed by atoms with Crippen LogP contribution in [-0.2, 0) is 33.9 Å². The fraction of sp³-hybridized carbons (Fsp3) is 0.176. The number of nitrogens with zero attached hydrogens (tertiary/aromatic N) is 1. The minimum absolute atomic E-state index is 0.0161. The lowest BCUT2D eigenvalue weighted by molar-refractivity contribution is -0.136. The molecule has 0 aromatic heterocycles. The van der Waals surface area contributed by atoms with Gasteiger partial charge in [0.05, 0.1) is 17.5 Å². The number of amides is 6. The summed E-state index contributed by atoms with van der Waals surface area (Å²) in [4.78, 5) is 76.0. The van der Waals surface area contributed by atoms with E-state index in [0.717, 1.165) is 27.0 Å². The number of imide groups is 2. The van der Waals surface area contributed by atoms with E-state index < -0.39 is 35.6 Å². The van der Waals surface area contributed by atoms with E-state index in [1.807, 2.05) is 36.4 Å². The molecular weight excluding hydrogens is 579 g/mol. The summed E-state index contributed by atoms with van der Waals surface area (Å²) >= 11 is 0. The average molecular weight is 607 g/mol. The molecule has 1 saturated heterocycles. The number of carbonyl (C=O) groups excluding carboxylic acids is 6. The SMILES string of the molecule is O=C(Cc1cccc2ccc(F)cc12)NCc1ccc(CNC(=O)c2ccc3c(c2)C(=O)N(C2CCC(=O)NC2=O)C3=O)cc1. The third-order valence-electron chi connectivity index (χ3n) is 7.95. The number of fused-ring (bicyclic) bond motifs is 2. The van der Waals surface area contributed by atoms with Crippen molar-refractivity contribution in [3.8, 4) is 0 Å². The predicted molar refractivity (Wildman–Crippen MR) is 160 cm³/mol. The number of halogens is 1. The van der Waals surface area contributed by atoms with Crippen LogP contribution in [-0.4, -0.2) is 46.4 Å². The van der Waals surface area contributed by atoms with Crippen molar-refractivity contribution in [2.24, 2.45) is 0 Å². The van der Waals surface area contributed by atoms with Gasteiger partial charge in [0, 0.05) is 25.1 Å². The summed E-state index contributed by atoms with van der Waals surface area (Å²) in [5.74, 6) is -3.50. The van der Waals surface area contributed by atoms with E-state index >= 15 is 0 Å². The molecule has 2 aliphatic heterocycles. The molecule has 0 radical (unpaired) electrons. The van der Waals surface area contributed by atoms with Crippen molar-refractivity contribution in [1.82, 2.24) is 20.9 Å². The number of piperidine rings is 1. The Morgan fingerprint density at radius 2 is 1.53 bits per heavy atom. The van der Waals surface area contributed by atoms with Crippen LogP contribution in [0.2, 0.25) is 0 Å². The van der Waals surface area contributed by atoms with E-state index in [2.05, 4.69) is 16.0 Å². The molecule has 0 bridgehead atoms. The van der Waals surface area contributed by atoms with E-state index in [9.17, 15) is 33.2 Å². The highest BCUT2D eigenvalue weighted by atomic mass is 19.1. The quantitative estimate of drug-likeness (QED) is 0.263. The largest absolute Gasteiger partial charge is 0.352 e. The van der Waals surface area contributed by atoms with Crippen molar-refractivity contribution in [2.45, 2.75) is 38.4 Å². The Labute approximate surface area is 256 Å². The minimum Gasteiger partial charge on any atom is -0.352 e. The molecule has 1 unspecified atom stereocenters. The highest BCUT2D eigenvalue weighted by Crippen LogP contribution is 2.28. The monoisotopic (exact) mass is 606 g/mol. The number of carbonyl (C=O) groups is 6. The molecule has 2 aliphatic rings. The zero-order chi connectivity index (χ0) is 31.7. The lowest BCUT2D eigenvalue weighted by atomic mass is 10.0. The zero-order valence-electron chi connectivity index (χ0n) is 23.9. The van der Waals surface area contributed by atoms with Crippen LogP contribution in [0.1, 0.15) is 60.6 Å². The third kappa shape index (κ3) is 6.05. The topological polar surface area (TPSA) is 142 Å². The Morgan fingerprint density at radius 1 is 0.822 bits per heavy atom. The molecule has 1 fully saturated rings. The summed E-state index contributed by atoms with van der Waals surface area (Å²) < 4.78 is 13.7. The van der Waals surface area contributed by atoms with Gasteiger partial charge >= 0.3 is 0 Å². The van der Waals surface area contributed by atoms with Crippen LogP contribution < -0.4 is 16.0 Å². The summed E-state index contributed by atoms with van der Waals surface area (Å²) in [6.07, 6.45) is 0.173. The highest BCUT2D eigenvalue weighted by Gasteiger charge is 2.44. The van der Waals surface area contributed by atoms with Crippen molar-refractivity contribution in [3.63, 3.8) is 0 Å². The Morgan fingerprint density at radius 3 is 2.27 bits per heavy atom. The van der Waals surface area contributed by atoms with E-state index in [-0.39, 0.29) is 54.2 Å². The molecule has 2 heterocycles. The number of hydrogen-bond donors (Lipinski definition) is 3. The molecule has 6 rings (SSSR count). The summed E-state index contributed by atoms with van der Waals surface area (Å²) in [7, 11) is 0. The first-order valence-corrected chi connectivity index (χ1v) is 14.3. The summed E-state index contributed by atoms with van der Waals surface area (Å²) in [6.45, 7) is 0.484. The first-order valence-electron chi connectivity index (χ1n) is 14.3. The van der Waals surface area contributed by atoms with Gasteiger partial charge < -0.3 is 10.6 Å². The fourth-order valence-electron chi connectivity index (χ4n) is 5.57. The second-order valence-corrected chi connectivity index (χ2v) is 10.9. The van der Waals surface area contributed by atoms with Crippen LogP contribution in [0.25, 0.3) is 10.8 Å². The lowest BCUT2D eigenvalue weighted by Crippen LogP contribution is -2.54. The van der Waals surface area contributed by atoms with Crippen LogP contribution in [0, 0.1) is 5.82 Å². The molecule has 0 saturated carbocycles. The molecule has 10 nitrogen and oxygen atoms in total. The molecule has 45 heavy (non-hydrogen) atoms. The second kappa shape index (κ2) is 12.1. The van der Waals surface area contributed by atoms with Crippen molar-refractivity contribution >= 4 is 46.2 Å². The van der Waals surface area contributed by atoms with Crippen LogP contribution in [0.3, 0.4) is 0 Å². The Balaban J connectivity index is 1.02. The number of hydrogen-bond acceptors (Lipinski definition) is 6. The molecule has 6 amide bonds. The average Bonchev–Trinajstić information content (AvgIpc) is 3.28. The predicted octanol–water partition coefficient (Wildman–Crippen LogP) is 3.17.